The van der Waals surface area contributed by atoms with E-state index in [1.165, 1.54) is 89.9 Å². The van der Waals surface area contributed by atoms with Crippen LogP contribution < -0.4 is 0 Å². The Hall–Kier alpha value is -1.29. The van der Waals surface area contributed by atoms with Crippen LogP contribution in [-0.4, -0.2) is 0 Å². The largest absolute Gasteiger partial charge is 0.193 e. The van der Waals surface area contributed by atoms with Crippen molar-refractivity contribution in [2.24, 2.45) is 23.7 Å². The third-order valence-corrected chi connectivity index (χ3v) is 6.74. The standard InChI is InChI=1S/C26H41N/c1-2-3-4-5-7-10-23-12-16-25(17-13-23)20-21-26-18-14-24(15-19-26)11-8-6-9-22-27/h6,8-9,11,20-21,23-26H,2-5,7,10,12-19H2,1H3/b9-6?,11-8?,21-20+/t23-,24?,25-,26?. The second-order valence-corrected chi connectivity index (χ2v) is 8.92. The van der Waals surface area contributed by atoms with Crippen molar-refractivity contribution in [3.8, 4) is 6.07 Å². The Morgan fingerprint density at radius 2 is 1.26 bits per heavy atom. The van der Waals surface area contributed by atoms with Gasteiger partial charge in [0.2, 0.25) is 0 Å². The van der Waals surface area contributed by atoms with Gasteiger partial charge in [-0.15, -0.1) is 0 Å². The first kappa shape index (κ1) is 22.0. The third kappa shape index (κ3) is 9.46. The van der Waals surface area contributed by atoms with E-state index in [0.717, 1.165) is 17.8 Å². The Labute approximate surface area is 168 Å². The van der Waals surface area contributed by atoms with Crippen LogP contribution in [-0.2, 0) is 0 Å². The quantitative estimate of drug-likeness (QED) is 0.165. The molecule has 2 saturated carbocycles. The van der Waals surface area contributed by atoms with Gasteiger partial charge in [-0.25, -0.2) is 0 Å². The highest BCUT2D eigenvalue weighted by Gasteiger charge is 2.21. The number of unbranched alkanes of at least 4 members (excludes halogenated alkanes) is 4. The molecule has 0 aromatic carbocycles. The fourth-order valence-corrected chi connectivity index (χ4v) is 4.87. The molecule has 2 fully saturated rings. The maximum absolute atomic E-state index is 8.51. The maximum atomic E-state index is 8.51. The summed E-state index contributed by atoms with van der Waals surface area (Å²) in [6.45, 7) is 2.30. The zero-order chi connectivity index (χ0) is 19.2. The molecule has 0 aromatic rings. The van der Waals surface area contributed by atoms with Gasteiger partial charge in [0.25, 0.3) is 0 Å². The second-order valence-electron chi connectivity index (χ2n) is 8.92. The fraction of sp³-hybridized carbons (Fsp3) is 0.731. The maximum Gasteiger partial charge on any atom is 0.0912 e. The van der Waals surface area contributed by atoms with Gasteiger partial charge in [0.1, 0.15) is 0 Å². The topological polar surface area (TPSA) is 23.8 Å². The average Bonchev–Trinajstić information content (AvgIpc) is 2.71. The van der Waals surface area contributed by atoms with Crippen molar-refractivity contribution < 1.29 is 0 Å². The van der Waals surface area contributed by atoms with Crippen molar-refractivity contribution in [2.75, 3.05) is 0 Å². The lowest BCUT2D eigenvalue weighted by molar-refractivity contribution is 0.287. The van der Waals surface area contributed by atoms with Crippen LogP contribution in [0.1, 0.15) is 96.8 Å². The first-order valence-electron chi connectivity index (χ1n) is 11.7. The highest BCUT2D eigenvalue weighted by Crippen LogP contribution is 2.35. The van der Waals surface area contributed by atoms with Gasteiger partial charge in [-0.3, -0.25) is 0 Å². The molecule has 0 heterocycles. The van der Waals surface area contributed by atoms with E-state index in [2.05, 4.69) is 25.2 Å². The van der Waals surface area contributed by atoms with E-state index in [0.29, 0.717) is 5.92 Å². The molecule has 0 unspecified atom stereocenters. The summed E-state index contributed by atoms with van der Waals surface area (Å²) >= 11 is 0. The normalized spacial score (nSPS) is 29.6. The second kappa shape index (κ2) is 13.8. The van der Waals surface area contributed by atoms with Crippen molar-refractivity contribution >= 4 is 0 Å². The first-order chi connectivity index (χ1) is 13.3. The molecule has 0 aromatic heterocycles. The van der Waals surface area contributed by atoms with Crippen molar-refractivity contribution in [1.82, 2.24) is 0 Å². The number of hydrogen-bond donors (Lipinski definition) is 0. The van der Waals surface area contributed by atoms with Gasteiger partial charge in [-0.1, -0.05) is 75.8 Å². The molecule has 0 bridgehead atoms. The summed E-state index contributed by atoms with van der Waals surface area (Å²) in [5.74, 6) is 3.40. The van der Waals surface area contributed by atoms with Crippen LogP contribution in [0.3, 0.4) is 0 Å². The molecule has 1 heteroatoms. The highest BCUT2D eigenvalue weighted by molar-refractivity contribution is 5.12. The van der Waals surface area contributed by atoms with Crippen molar-refractivity contribution in [2.45, 2.75) is 96.8 Å². The Balaban J connectivity index is 1.57. The van der Waals surface area contributed by atoms with E-state index < -0.39 is 0 Å². The van der Waals surface area contributed by atoms with Crippen molar-refractivity contribution in [3.63, 3.8) is 0 Å². The number of allylic oxidation sites excluding steroid dienone is 6. The molecule has 0 N–H and O–H groups in total. The number of hydrogen-bond acceptors (Lipinski definition) is 1. The Bertz CT molecular complexity index is 491. The Morgan fingerprint density at radius 1 is 0.704 bits per heavy atom. The molecule has 2 aliphatic rings. The third-order valence-electron chi connectivity index (χ3n) is 6.74. The molecule has 2 rings (SSSR count). The molecule has 0 atom stereocenters. The summed E-state index contributed by atoms with van der Waals surface area (Å²) in [4.78, 5) is 0. The van der Waals surface area contributed by atoms with Crippen LogP contribution in [0.5, 0.6) is 0 Å². The van der Waals surface area contributed by atoms with Crippen LogP contribution in [0, 0.1) is 35.0 Å². The molecule has 1 nitrogen and oxygen atoms in total. The van der Waals surface area contributed by atoms with Crippen LogP contribution >= 0.6 is 0 Å². The minimum absolute atomic E-state index is 0.714. The van der Waals surface area contributed by atoms with Gasteiger partial charge in [0.05, 0.1) is 6.07 Å². The van der Waals surface area contributed by atoms with Crippen molar-refractivity contribution in [1.29, 1.82) is 5.26 Å². The molecule has 150 valence electrons. The lowest BCUT2D eigenvalue weighted by Crippen LogP contribution is -2.14. The van der Waals surface area contributed by atoms with Crippen molar-refractivity contribution in [3.05, 3.63) is 36.5 Å². The summed E-state index contributed by atoms with van der Waals surface area (Å²) < 4.78 is 0. The monoisotopic (exact) mass is 367 g/mol. The van der Waals surface area contributed by atoms with Gasteiger partial charge >= 0.3 is 0 Å². The van der Waals surface area contributed by atoms with Gasteiger partial charge in [0, 0.05) is 6.08 Å². The average molecular weight is 368 g/mol. The molecule has 2 aliphatic carbocycles. The molecular weight excluding hydrogens is 326 g/mol. The molecule has 0 amide bonds. The van der Waals surface area contributed by atoms with Crippen LogP contribution in [0.15, 0.2) is 36.5 Å². The SMILES string of the molecule is CCCCCCC[C@H]1CC[C@H](/C=C/C2CCC(C=CC=CC#N)CC2)CC1. The Morgan fingerprint density at radius 3 is 1.85 bits per heavy atom. The van der Waals surface area contributed by atoms with Crippen LogP contribution in [0.4, 0.5) is 0 Å². The first-order valence-corrected chi connectivity index (χ1v) is 11.7. The predicted octanol–water partition coefficient (Wildman–Crippen LogP) is 8.15. The summed E-state index contributed by atoms with van der Waals surface area (Å²) in [6.07, 6.45) is 32.6. The van der Waals surface area contributed by atoms with Gasteiger partial charge in [-0.05, 0) is 75.0 Å². The molecule has 27 heavy (non-hydrogen) atoms. The summed E-state index contributed by atoms with van der Waals surface area (Å²) in [7, 11) is 0. The smallest absolute Gasteiger partial charge is 0.0912 e. The lowest BCUT2D eigenvalue weighted by Gasteiger charge is -2.28. The van der Waals surface area contributed by atoms with Gasteiger partial charge in [0.15, 0.2) is 0 Å². The van der Waals surface area contributed by atoms with E-state index in [1.54, 1.807) is 6.08 Å². The van der Waals surface area contributed by atoms with Gasteiger partial charge < -0.3 is 0 Å². The summed E-state index contributed by atoms with van der Waals surface area (Å²) in [5.41, 5.74) is 0. The van der Waals surface area contributed by atoms with Gasteiger partial charge in [-0.2, -0.15) is 5.26 Å². The molecule has 0 radical (unpaired) electrons. The molecule has 0 saturated heterocycles. The predicted molar refractivity (Wildman–Crippen MR) is 117 cm³/mol. The number of rotatable bonds is 10. The van der Waals surface area contributed by atoms with E-state index in [1.807, 2.05) is 18.2 Å². The molecule has 0 spiro atoms. The zero-order valence-electron chi connectivity index (χ0n) is 17.6. The minimum atomic E-state index is 0.714. The molecule has 0 aliphatic heterocycles. The van der Waals surface area contributed by atoms with E-state index in [-0.39, 0.29) is 0 Å². The Kier molecular flexibility index (Phi) is 11.3. The number of nitriles is 1. The van der Waals surface area contributed by atoms with E-state index in [4.69, 9.17) is 5.26 Å². The highest BCUT2D eigenvalue weighted by atomic mass is 14.3. The van der Waals surface area contributed by atoms with E-state index in [9.17, 15) is 0 Å². The summed E-state index contributed by atoms with van der Waals surface area (Å²) in [5, 5.41) is 8.51. The zero-order valence-corrected chi connectivity index (χ0v) is 17.6. The minimum Gasteiger partial charge on any atom is -0.193 e. The molecular formula is C26H41N. The fourth-order valence-electron chi connectivity index (χ4n) is 4.87. The summed E-state index contributed by atoms with van der Waals surface area (Å²) in [6, 6.07) is 2.04. The van der Waals surface area contributed by atoms with E-state index >= 15 is 0 Å². The lowest BCUT2D eigenvalue weighted by atomic mass is 9.78. The van der Waals surface area contributed by atoms with Crippen LogP contribution in [0.25, 0.3) is 0 Å². The van der Waals surface area contributed by atoms with Crippen LogP contribution in [0.2, 0.25) is 0 Å². The number of nitrogens with zero attached hydrogens (tertiary/aromatic N) is 1.